The van der Waals surface area contributed by atoms with Crippen LogP contribution in [0.25, 0.3) is 0 Å². The van der Waals surface area contributed by atoms with Crippen LogP contribution in [-0.2, 0) is 14.3 Å². The van der Waals surface area contributed by atoms with Crippen molar-refractivity contribution in [2.45, 2.75) is 64.4 Å². The fraction of sp³-hybridized carbons (Fsp3) is 0.789. The summed E-state index contributed by atoms with van der Waals surface area (Å²) in [5.74, 6) is -3.34. The Bertz CT molecular complexity index is 518. The molecule has 1 aliphatic heterocycles. The molecule has 1 saturated heterocycles. The number of ketones is 2. The van der Waals surface area contributed by atoms with E-state index >= 15 is 0 Å². The average Bonchev–Trinajstić information content (AvgIpc) is 3.29. The monoisotopic (exact) mass is 372 g/mol. The van der Waals surface area contributed by atoms with E-state index < -0.39 is 48.6 Å². The van der Waals surface area contributed by atoms with Gasteiger partial charge in [0.2, 0.25) is 0 Å². The highest BCUT2D eigenvalue weighted by Crippen LogP contribution is 2.46. The number of epoxide rings is 1. The van der Waals surface area contributed by atoms with E-state index in [4.69, 9.17) is 4.74 Å². The molecule has 0 amide bonds. The van der Waals surface area contributed by atoms with Crippen LogP contribution < -0.4 is 0 Å². The minimum atomic E-state index is -1.35. The summed E-state index contributed by atoms with van der Waals surface area (Å²) >= 11 is 0. The highest BCUT2D eigenvalue weighted by atomic mass is 16.6. The highest BCUT2D eigenvalue weighted by Gasteiger charge is 2.61. The Balaban J connectivity index is 2.88. The van der Waals surface area contributed by atoms with Gasteiger partial charge in [-0.25, -0.2) is 0 Å². The number of aliphatic hydroxyl groups is 4. The van der Waals surface area contributed by atoms with E-state index in [1.165, 1.54) is 0 Å². The maximum atomic E-state index is 12.7. The van der Waals surface area contributed by atoms with Gasteiger partial charge in [0.1, 0.15) is 17.2 Å². The molecule has 0 spiro atoms. The van der Waals surface area contributed by atoms with E-state index in [9.17, 15) is 30.0 Å². The minimum Gasteiger partial charge on any atom is -0.396 e. The number of carbonyl (C=O) groups is 2. The summed E-state index contributed by atoms with van der Waals surface area (Å²) in [7, 11) is 0. The average molecular weight is 372 g/mol. The normalized spacial score (nSPS) is 28.4. The Morgan fingerprint density at radius 1 is 1.19 bits per heavy atom. The first-order chi connectivity index (χ1) is 12.2. The maximum Gasteiger partial charge on any atom is 0.148 e. The topological polar surface area (TPSA) is 128 Å². The summed E-state index contributed by atoms with van der Waals surface area (Å²) in [6.45, 7) is 5.79. The lowest BCUT2D eigenvalue weighted by Crippen LogP contribution is -2.47. The van der Waals surface area contributed by atoms with Gasteiger partial charge in [0.15, 0.2) is 0 Å². The molecule has 0 aromatic heterocycles. The van der Waals surface area contributed by atoms with Crippen molar-refractivity contribution in [1.29, 1.82) is 0 Å². The molecule has 7 atom stereocenters. The van der Waals surface area contributed by atoms with Crippen molar-refractivity contribution in [2.75, 3.05) is 13.2 Å². The van der Waals surface area contributed by atoms with E-state index in [-0.39, 0.29) is 30.6 Å². The summed E-state index contributed by atoms with van der Waals surface area (Å²) in [4.78, 5) is 24.2. The Morgan fingerprint density at radius 3 is 2.23 bits per heavy atom. The van der Waals surface area contributed by atoms with Crippen molar-refractivity contribution in [2.24, 2.45) is 17.8 Å². The van der Waals surface area contributed by atoms with Crippen molar-refractivity contribution in [1.82, 2.24) is 0 Å². The standard InChI is InChI=1S/C19H32O7/c1-5-7-11(3)18-19(4,26-18)17(25)14(10-21)16(24)13(9-20)15(23)8-12(22)6-2/h5,7,11,13-15,17-18,20-21,23,25H,6,8-10H2,1-4H3/b7-5-/t11-,13+,14-,15-,17-,18+,19-/m0/s1. The third kappa shape index (κ3) is 4.98. The Morgan fingerprint density at radius 2 is 1.77 bits per heavy atom. The number of rotatable bonds is 12. The molecular weight excluding hydrogens is 340 g/mol. The zero-order chi connectivity index (χ0) is 20.1. The van der Waals surface area contributed by atoms with Crippen LogP contribution in [0, 0.1) is 17.8 Å². The second kappa shape index (κ2) is 9.71. The summed E-state index contributed by atoms with van der Waals surface area (Å²) in [5.41, 5.74) is -0.994. The number of carbonyl (C=O) groups excluding carboxylic acids is 2. The predicted octanol–water partition coefficient (Wildman–Crippen LogP) is 0.233. The smallest absolute Gasteiger partial charge is 0.148 e. The first kappa shape index (κ1) is 22.9. The van der Waals surface area contributed by atoms with Gasteiger partial charge in [-0.15, -0.1) is 0 Å². The number of Topliss-reactive ketones (excluding diaryl/α,β-unsaturated/α-hetero) is 2. The molecule has 1 rings (SSSR count). The Labute approximate surface area is 154 Å². The molecule has 0 aliphatic carbocycles. The van der Waals surface area contributed by atoms with E-state index in [0.29, 0.717) is 0 Å². The lowest BCUT2D eigenvalue weighted by atomic mass is 9.79. The van der Waals surface area contributed by atoms with E-state index in [1.807, 2.05) is 26.0 Å². The van der Waals surface area contributed by atoms with Crippen LogP contribution in [0.3, 0.4) is 0 Å². The van der Waals surface area contributed by atoms with E-state index in [0.717, 1.165) is 0 Å². The van der Waals surface area contributed by atoms with Gasteiger partial charge in [-0.3, -0.25) is 9.59 Å². The van der Waals surface area contributed by atoms with Crippen LogP contribution >= 0.6 is 0 Å². The number of hydrogen-bond donors (Lipinski definition) is 4. The molecule has 0 unspecified atom stereocenters. The number of hydrogen-bond acceptors (Lipinski definition) is 7. The fourth-order valence-electron chi connectivity index (χ4n) is 3.45. The van der Waals surface area contributed by atoms with Crippen molar-refractivity contribution in [3.8, 4) is 0 Å². The number of ether oxygens (including phenoxy) is 1. The molecule has 0 aromatic carbocycles. The van der Waals surface area contributed by atoms with E-state index in [2.05, 4.69) is 0 Å². The Kier molecular flexibility index (Phi) is 8.56. The summed E-state index contributed by atoms with van der Waals surface area (Å²) in [6, 6.07) is 0. The van der Waals surface area contributed by atoms with Crippen LogP contribution in [0.1, 0.15) is 40.5 Å². The van der Waals surface area contributed by atoms with Gasteiger partial charge >= 0.3 is 0 Å². The molecule has 26 heavy (non-hydrogen) atoms. The van der Waals surface area contributed by atoms with Crippen LogP contribution in [0.4, 0.5) is 0 Å². The SMILES string of the molecule is C/C=C\[C@H](C)[C@H]1O[C@@]1(C)[C@@H](O)[C@@H](CO)C(=O)[C@H](CO)[C@@H](O)CC(=O)CC. The molecule has 150 valence electrons. The fourth-order valence-corrected chi connectivity index (χ4v) is 3.45. The molecule has 1 heterocycles. The molecule has 1 aliphatic rings. The quantitative estimate of drug-likeness (QED) is 0.285. The van der Waals surface area contributed by atoms with Gasteiger partial charge in [0.25, 0.3) is 0 Å². The second-order valence-electron chi connectivity index (χ2n) is 7.20. The van der Waals surface area contributed by atoms with Gasteiger partial charge in [-0.05, 0) is 13.8 Å². The molecule has 0 saturated carbocycles. The molecule has 7 heteroatoms. The number of aliphatic hydroxyl groups excluding tert-OH is 4. The van der Waals surface area contributed by atoms with Crippen LogP contribution in [0.15, 0.2) is 12.2 Å². The number of allylic oxidation sites excluding steroid dienone is 1. The first-order valence-corrected chi connectivity index (χ1v) is 9.11. The first-order valence-electron chi connectivity index (χ1n) is 9.11. The van der Waals surface area contributed by atoms with Crippen molar-refractivity contribution >= 4 is 11.6 Å². The maximum absolute atomic E-state index is 12.7. The van der Waals surface area contributed by atoms with Crippen molar-refractivity contribution < 1.29 is 34.8 Å². The van der Waals surface area contributed by atoms with Gasteiger partial charge in [-0.2, -0.15) is 0 Å². The minimum absolute atomic E-state index is 0.0236. The molecule has 7 nitrogen and oxygen atoms in total. The molecular formula is C19H32O7. The third-order valence-electron chi connectivity index (χ3n) is 5.25. The van der Waals surface area contributed by atoms with E-state index in [1.54, 1.807) is 13.8 Å². The lowest BCUT2D eigenvalue weighted by molar-refractivity contribution is -0.140. The van der Waals surface area contributed by atoms with Gasteiger partial charge in [0, 0.05) is 18.8 Å². The third-order valence-corrected chi connectivity index (χ3v) is 5.25. The zero-order valence-corrected chi connectivity index (χ0v) is 16.0. The van der Waals surface area contributed by atoms with Crippen LogP contribution in [-0.4, -0.2) is 69.1 Å². The zero-order valence-electron chi connectivity index (χ0n) is 16.0. The molecule has 4 N–H and O–H groups in total. The molecule has 0 radical (unpaired) electrons. The summed E-state index contributed by atoms with van der Waals surface area (Å²) in [6.07, 6.45) is 0.816. The molecule has 1 fully saturated rings. The highest BCUT2D eigenvalue weighted by molar-refractivity contribution is 5.86. The van der Waals surface area contributed by atoms with Crippen molar-refractivity contribution in [3.05, 3.63) is 12.2 Å². The van der Waals surface area contributed by atoms with Crippen LogP contribution in [0.2, 0.25) is 0 Å². The predicted molar refractivity (Wildman–Crippen MR) is 95.3 cm³/mol. The Hall–Kier alpha value is -1.12. The molecule has 0 aromatic rings. The van der Waals surface area contributed by atoms with Gasteiger partial charge in [-0.1, -0.05) is 26.0 Å². The lowest BCUT2D eigenvalue weighted by Gasteiger charge is -2.28. The summed E-state index contributed by atoms with van der Waals surface area (Å²) in [5, 5.41) is 40.0. The summed E-state index contributed by atoms with van der Waals surface area (Å²) < 4.78 is 5.63. The second-order valence-corrected chi connectivity index (χ2v) is 7.20. The van der Waals surface area contributed by atoms with Gasteiger partial charge in [0.05, 0.1) is 43.4 Å². The van der Waals surface area contributed by atoms with Crippen LogP contribution in [0.5, 0.6) is 0 Å². The van der Waals surface area contributed by atoms with Gasteiger partial charge < -0.3 is 25.2 Å². The van der Waals surface area contributed by atoms with Crippen molar-refractivity contribution in [3.63, 3.8) is 0 Å². The molecule has 0 bridgehead atoms. The largest absolute Gasteiger partial charge is 0.396 e.